The number of halogens is 3. The summed E-state index contributed by atoms with van der Waals surface area (Å²) < 4.78 is 41.0. The molecule has 0 bridgehead atoms. The van der Waals surface area contributed by atoms with E-state index >= 15 is 0 Å². The molecule has 3 amide bonds. The van der Waals surface area contributed by atoms with Gasteiger partial charge in [-0.1, -0.05) is 26.0 Å². The number of rotatable bonds is 6. The molecule has 2 atom stereocenters. The average Bonchev–Trinajstić information content (AvgIpc) is 2.89. The van der Waals surface area contributed by atoms with Crippen LogP contribution < -0.4 is 15.6 Å². The van der Waals surface area contributed by atoms with Gasteiger partial charge in [-0.25, -0.2) is 4.98 Å². The van der Waals surface area contributed by atoms with Crippen molar-refractivity contribution in [3.63, 3.8) is 0 Å². The second-order valence-electron chi connectivity index (χ2n) is 9.83. The van der Waals surface area contributed by atoms with Gasteiger partial charge in [0, 0.05) is 31.2 Å². The fraction of sp³-hybridized carbons (Fsp3) is 0.370. The van der Waals surface area contributed by atoms with Crippen molar-refractivity contribution in [3.05, 3.63) is 70.1 Å². The van der Waals surface area contributed by atoms with Gasteiger partial charge in [0.15, 0.2) is 5.69 Å². The Hall–Kier alpha value is -4.42. The van der Waals surface area contributed by atoms with Gasteiger partial charge in [-0.15, -0.1) is 13.2 Å². The predicted octanol–water partition coefficient (Wildman–Crippen LogP) is 2.95. The molecule has 0 unspecified atom stereocenters. The van der Waals surface area contributed by atoms with Crippen molar-refractivity contribution in [2.75, 3.05) is 19.6 Å². The van der Waals surface area contributed by atoms with Gasteiger partial charge in [0.05, 0.1) is 11.0 Å². The number of aromatic amines is 1. The zero-order valence-corrected chi connectivity index (χ0v) is 22.0. The third-order valence-corrected chi connectivity index (χ3v) is 6.57. The number of amides is 3. The van der Waals surface area contributed by atoms with Crippen LogP contribution in [-0.4, -0.2) is 75.6 Å². The number of alkyl halides is 3. The van der Waals surface area contributed by atoms with Crippen LogP contribution in [0.3, 0.4) is 0 Å². The van der Waals surface area contributed by atoms with Crippen LogP contribution in [0.15, 0.2) is 53.3 Å². The number of aromatic nitrogens is 2. The maximum Gasteiger partial charge on any atom is 0.573 e. The highest BCUT2D eigenvalue weighted by Crippen LogP contribution is 2.24. The van der Waals surface area contributed by atoms with Crippen molar-refractivity contribution in [2.24, 2.45) is 5.92 Å². The number of hydrogen-bond donors (Lipinski definition) is 2. The molecular weight excluding hydrogens is 531 g/mol. The molecule has 1 aromatic heterocycles. The Balaban J connectivity index is 1.42. The highest BCUT2D eigenvalue weighted by Gasteiger charge is 2.36. The van der Waals surface area contributed by atoms with Crippen LogP contribution in [0.1, 0.15) is 41.6 Å². The molecule has 4 rings (SSSR count). The highest BCUT2D eigenvalue weighted by molar-refractivity contribution is 5.97. The third kappa shape index (κ3) is 6.41. The number of carbonyl (C=O) groups is 3. The molecule has 212 valence electrons. The van der Waals surface area contributed by atoms with Crippen molar-refractivity contribution in [1.82, 2.24) is 25.1 Å². The van der Waals surface area contributed by atoms with E-state index in [1.54, 1.807) is 49.9 Å². The number of fused-ring (bicyclic) bond motifs is 1. The van der Waals surface area contributed by atoms with Crippen LogP contribution in [0.4, 0.5) is 13.2 Å². The van der Waals surface area contributed by atoms with Crippen LogP contribution in [0.2, 0.25) is 0 Å². The van der Waals surface area contributed by atoms with E-state index in [9.17, 15) is 32.3 Å². The molecule has 1 fully saturated rings. The van der Waals surface area contributed by atoms with E-state index < -0.39 is 41.6 Å². The van der Waals surface area contributed by atoms with Crippen LogP contribution >= 0.6 is 0 Å². The average molecular weight is 560 g/mol. The summed E-state index contributed by atoms with van der Waals surface area (Å²) in [6.07, 6.45) is -4.83. The first-order valence-corrected chi connectivity index (χ1v) is 12.6. The number of nitrogens with zero attached hydrogens (tertiary/aromatic N) is 3. The molecule has 3 aromatic rings. The summed E-state index contributed by atoms with van der Waals surface area (Å²) in [7, 11) is 0. The zero-order chi connectivity index (χ0) is 29.2. The normalized spacial score (nSPS) is 16.6. The molecule has 1 saturated heterocycles. The number of para-hydroxylation sites is 2. The second kappa shape index (κ2) is 11.4. The Morgan fingerprint density at radius 1 is 1.07 bits per heavy atom. The molecule has 0 radical (unpaired) electrons. The predicted molar refractivity (Wildman–Crippen MR) is 139 cm³/mol. The Labute approximate surface area is 227 Å². The van der Waals surface area contributed by atoms with Crippen LogP contribution in [0.5, 0.6) is 5.75 Å². The molecule has 40 heavy (non-hydrogen) atoms. The van der Waals surface area contributed by atoms with Crippen LogP contribution in [0.25, 0.3) is 11.0 Å². The highest BCUT2D eigenvalue weighted by atomic mass is 19.4. The Bertz CT molecular complexity index is 1470. The first-order valence-electron chi connectivity index (χ1n) is 12.6. The van der Waals surface area contributed by atoms with E-state index in [4.69, 9.17) is 0 Å². The minimum absolute atomic E-state index is 0.176. The first kappa shape index (κ1) is 28.6. The summed E-state index contributed by atoms with van der Waals surface area (Å²) >= 11 is 0. The van der Waals surface area contributed by atoms with Gasteiger partial charge in [0.2, 0.25) is 5.91 Å². The molecule has 0 saturated carbocycles. The molecule has 0 aliphatic carbocycles. The second-order valence-corrected chi connectivity index (χ2v) is 9.83. The van der Waals surface area contributed by atoms with Gasteiger partial charge in [-0.2, -0.15) is 0 Å². The van der Waals surface area contributed by atoms with Crippen molar-refractivity contribution >= 4 is 28.8 Å². The van der Waals surface area contributed by atoms with Gasteiger partial charge in [-0.3, -0.25) is 19.2 Å². The number of benzene rings is 2. The van der Waals surface area contributed by atoms with Crippen molar-refractivity contribution in [1.29, 1.82) is 0 Å². The summed E-state index contributed by atoms with van der Waals surface area (Å²) in [6.45, 7) is 5.81. The molecule has 2 heterocycles. The van der Waals surface area contributed by atoms with Crippen molar-refractivity contribution < 1.29 is 32.3 Å². The lowest BCUT2D eigenvalue weighted by Gasteiger charge is -2.41. The lowest BCUT2D eigenvalue weighted by Crippen LogP contribution is -2.60. The van der Waals surface area contributed by atoms with Crippen molar-refractivity contribution in [2.45, 2.75) is 39.2 Å². The lowest BCUT2D eigenvalue weighted by molar-refractivity contribution is -0.274. The maximum absolute atomic E-state index is 13.5. The lowest BCUT2D eigenvalue weighted by atomic mass is 10.0. The Morgan fingerprint density at radius 2 is 1.75 bits per heavy atom. The number of H-pyrrole nitrogens is 1. The Kier molecular flexibility index (Phi) is 8.12. The number of piperazine rings is 1. The SMILES string of the molecule is CC(C)[C@H](NC(=O)c1nc2ccccc2[nH]c1=O)C(=O)N1CCN(C(=O)c2ccc(OC(F)(F)F)cc2)C[C@@H]1C. The van der Waals surface area contributed by atoms with Gasteiger partial charge in [0.1, 0.15) is 11.8 Å². The summed E-state index contributed by atoms with van der Waals surface area (Å²) in [5.74, 6) is -2.30. The van der Waals surface area contributed by atoms with E-state index in [0.717, 1.165) is 12.1 Å². The zero-order valence-electron chi connectivity index (χ0n) is 22.0. The van der Waals surface area contributed by atoms with E-state index in [-0.39, 0.29) is 42.7 Å². The minimum atomic E-state index is -4.83. The molecular formula is C27H28F3N5O5. The van der Waals surface area contributed by atoms with E-state index in [0.29, 0.717) is 11.0 Å². The first-order chi connectivity index (χ1) is 18.8. The summed E-state index contributed by atoms with van der Waals surface area (Å²) in [4.78, 5) is 61.8. The van der Waals surface area contributed by atoms with E-state index in [1.165, 1.54) is 17.0 Å². The monoisotopic (exact) mass is 559 g/mol. The topological polar surface area (TPSA) is 125 Å². The third-order valence-electron chi connectivity index (χ3n) is 6.57. The van der Waals surface area contributed by atoms with Gasteiger partial charge >= 0.3 is 6.36 Å². The Morgan fingerprint density at radius 3 is 2.38 bits per heavy atom. The summed E-state index contributed by atoms with van der Waals surface area (Å²) in [5.41, 5.74) is 0.0582. The molecule has 1 aliphatic heterocycles. The molecule has 2 aromatic carbocycles. The number of nitrogens with one attached hydrogen (secondary N) is 2. The molecule has 0 spiro atoms. The van der Waals surface area contributed by atoms with Crippen LogP contribution in [0, 0.1) is 5.92 Å². The fourth-order valence-corrected chi connectivity index (χ4v) is 4.54. The van der Waals surface area contributed by atoms with E-state index in [2.05, 4.69) is 20.0 Å². The molecule has 10 nitrogen and oxygen atoms in total. The quantitative estimate of drug-likeness (QED) is 0.479. The standard InChI is InChI=1S/C27H28F3N5O5/c1-15(2)21(33-24(37)22-23(36)32-20-7-5-4-6-19(20)31-22)26(39)35-13-12-34(14-16(35)3)25(38)17-8-10-18(11-9-17)40-27(28,29)30/h4-11,15-16,21H,12-14H2,1-3H3,(H,32,36)(H,33,37)/t16-,21-/m0/s1. The van der Waals surface area contributed by atoms with E-state index in [1.807, 2.05) is 0 Å². The largest absolute Gasteiger partial charge is 0.573 e. The minimum Gasteiger partial charge on any atom is -0.406 e. The van der Waals surface area contributed by atoms with Gasteiger partial charge < -0.3 is 24.8 Å². The number of ether oxygens (including phenoxy) is 1. The summed E-state index contributed by atoms with van der Waals surface area (Å²) in [5, 5.41) is 2.65. The van der Waals surface area contributed by atoms with Gasteiger partial charge in [-0.05, 0) is 49.2 Å². The molecule has 1 aliphatic rings. The number of carbonyl (C=O) groups excluding carboxylic acids is 3. The maximum atomic E-state index is 13.5. The smallest absolute Gasteiger partial charge is 0.406 e. The molecule has 13 heteroatoms. The summed E-state index contributed by atoms with van der Waals surface area (Å²) in [6, 6.07) is 10.0. The molecule has 2 N–H and O–H groups in total. The number of hydrogen-bond acceptors (Lipinski definition) is 6. The van der Waals surface area contributed by atoms with Crippen molar-refractivity contribution in [3.8, 4) is 5.75 Å². The van der Waals surface area contributed by atoms with Crippen LogP contribution in [-0.2, 0) is 4.79 Å². The fourth-order valence-electron chi connectivity index (χ4n) is 4.54. The van der Waals surface area contributed by atoms with Gasteiger partial charge in [0.25, 0.3) is 17.4 Å².